The van der Waals surface area contributed by atoms with Crippen LogP contribution in [0.25, 0.3) is 10.9 Å². The van der Waals surface area contributed by atoms with E-state index >= 15 is 0 Å². The Morgan fingerprint density at radius 3 is 2.60 bits per heavy atom. The van der Waals surface area contributed by atoms with Gasteiger partial charge >= 0.3 is 11.9 Å². The molecule has 4 aliphatic rings. The van der Waals surface area contributed by atoms with Crippen LogP contribution in [-0.2, 0) is 37.4 Å². The van der Waals surface area contributed by atoms with Crippen molar-refractivity contribution in [3.05, 3.63) is 98.3 Å². The fourth-order valence-corrected chi connectivity index (χ4v) is 8.98. The van der Waals surface area contributed by atoms with Crippen molar-refractivity contribution in [1.29, 1.82) is 0 Å². The number of halogens is 1. The van der Waals surface area contributed by atoms with E-state index in [2.05, 4.69) is 33.4 Å². The van der Waals surface area contributed by atoms with Gasteiger partial charge < -0.3 is 39.5 Å². The number of aliphatic hydroxyl groups excluding tert-OH is 1. The van der Waals surface area contributed by atoms with E-state index in [4.69, 9.17) is 30.5 Å². The Labute approximate surface area is 337 Å². The number of nitrogens with one attached hydrogen (secondary N) is 2. The van der Waals surface area contributed by atoms with E-state index in [1.165, 1.54) is 19.2 Å². The Hall–Kier alpha value is -4.62. The molecule has 1 aromatic heterocycles. The predicted octanol–water partition coefficient (Wildman–Crippen LogP) is 6.11. The van der Waals surface area contributed by atoms with E-state index < -0.39 is 17.5 Å². The lowest BCUT2D eigenvalue weighted by atomic mass is 9.69. The minimum Gasteiger partial charge on any atom is -0.506 e. The molecule has 0 spiro atoms. The van der Waals surface area contributed by atoms with Crippen LogP contribution in [0.3, 0.4) is 0 Å². The zero-order valence-corrected chi connectivity index (χ0v) is 33.2. The molecule has 4 fully saturated rings. The molecule has 304 valence electrons. The lowest BCUT2D eigenvalue weighted by molar-refractivity contribution is -0.167. The van der Waals surface area contributed by atoms with Crippen molar-refractivity contribution >= 4 is 34.4 Å². The number of aryl methyl sites for hydroxylation is 1. The van der Waals surface area contributed by atoms with Crippen molar-refractivity contribution in [2.24, 2.45) is 5.92 Å². The van der Waals surface area contributed by atoms with Crippen molar-refractivity contribution in [2.75, 3.05) is 46.5 Å². The quantitative estimate of drug-likeness (QED) is 0.0765. The maximum Gasteiger partial charge on any atom is 0.344 e. The van der Waals surface area contributed by atoms with Gasteiger partial charge in [0.1, 0.15) is 23.4 Å². The lowest BCUT2D eigenvalue weighted by Crippen LogP contribution is -2.53. The van der Waals surface area contributed by atoms with Gasteiger partial charge in [-0.1, -0.05) is 61.2 Å². The first-order valence-corrected chi connectivity index (χ1v) is 20.4. The molecule has 3 aliphatic heterocycles. The SMILES string of the molecule is COc1cc(OCC(=O)OCCCc2cccc(C3(C(=O)O[C@H]4CN5CCC4CC5)CCCCC3)c2)c(Cl)cc1CNCC(O)c1ccc(O)c2[nH]c(=O)ccc12. The molecule has 1 aliphatic carbocycles. The van der Waals surface area contributed by atoms with E-state index in [1.54, 1.807) is 24.3 Å². The van der Waals surface area contributed by atoms with Gasteiger partial charge in [-0.05, 0) is 92.4 Å². The summed E-state index contributed by atoms with van der Waals surface area (Å²) in [5, 5.41) is 25.1. The highest BCUT2D eigenvalue weighted by Gasteiger charge is 2.46. The van der Waals surface area contributed by atoms with Crippen LogP contribution >= 0.6 is 11.6 Å². The Morgan fingerprint density at radius 1 is 1.04 bits per heavy atom. The van der Waals surface area contributed by atoms with Crippen LogP contribution in [0.2, 0.25) is 5.02 Å². The Kier molecular flexibility index (Phi) is 13.0. The summed E-state index contributed by atoms with van der Waals surface area (Å²) >= 11 is 6.53. The number of carbonyl (C=O) groups excluding carboxylic acids is 2. The fraction of sp³-hybridized carbons (Fsp3) is 0.477. The molecule has 4 aromatic rings. The molecule has 0 amide bonds. The smallest absolute Gasteiger partial charge is 0.344 e. The van der Waals surface area contributed by atoms with Gasteiger partial charge in [0.15, 0.2) is 6.61 Å². The second-order valence-electron chi connectivity index (χ2n) is 15.6. The molecule has 8 rings (SSSR count). The zero-order valence-electron chi connectivity index (χ0n) is 32.4. The van der Waals surface area contributed by atoms with Crippen LogP contribution < -0.4 is 20.3 Å². The van der Waals surface area contributed by atoms with Crippen LogP contribution in [0.15, 0.2) is 65.5 Å². The summed E-state index contributed by atoms with van der Waals surface area (Å²) in [6.45, 7) is 3.39. The summed E-state index contributed by atoms with van der Waals surface area (Å²) in [5.41, 5.74) is 2.67. The minimum atomic E-state index is -0.942. The van der Waals surface area contributed by atoms with E-state index in [0.29, 0.717) is 47.6 Å². The number of hydrogen-bond donors (Lipinski definition) is 4. The van der Waals surface area contributed by atoms with Crippen LogP contribution in [0.5, 0.6) is 17.2 Å². The topological polar surface area (TPSA) is 160 Å². The molecule has 2 atom stereocenters. The molecule has 1 saturated carbocycles. The van der Waals surface area contributed by atoms with Crippen molar-refractivity contribution in [3.63, 3.8) is 0 Å². The molecular weight excluding hydrogens is 750 g/mol. The number of pyridine rings is 1. The summed E-state index contributed by atoms with van der Waals surface area (Å²) in [6.07, 6.45) is 7.32. The Bertz CT molecular complexity index is 2110. The largest absolute Gasteiger partial charge is 0.506 e. The number of methoxy groups -OCH3 is 1. The highest BCUT2D eigenvalue weighted by molar-refractivity contribution is 6.32. The fourth-order valence-electron chi connectivity index (χ4n) is 8.74. The van der Waals surface area contributed by atoms with Gasteiger partial charge in [0.05, 0.1) is 35.8 Å². The number of carbonyl (C=O) groups is 2. The average molecular weight is 802 g/mol. The van der Waals surface area contributed by atoms with E-state index in [-0.39, 0.29) is 59.4 Å². The van der Waals surface area contributed by atoms with Gasteiger partial charge in [-0.3, -0.25) is 14.5 Å². The number of phenols is 1. The number of nitrogens with zero attached hydrogens (tertiary/aromatic N) is 1. The van der Waals surface area contributed by atoms with E-state index in [1.807, 2.05) is 6.07 Å². The third-order valence-electron chi connectivity index (χ3n) is 11.9. The van der Waals surface area contributed by atoms with Gasteiger partial charge in [-0.15, -0.1) is 0 Å². The van der Waals surface area contributed by atoms with Gasteiger partial charge in [0.2, 0.25) is 5.56 Å². The number of esters is 2. The molecule has 13 heteroatoms. The maximum absolute atomic E-state index is 14.0. The summed E-state index contributed by atoms with van der Waals surface area (Å²) in [5.74, 6) is 0.537. The first-order valence-electron chi connectivity index (χ1n) is 20.0. The van der Waals surface area contributed by atoms with Crippen LogP contribution in [-0.4, -0.2) is 84.6 Å². The summed E-state index contributed by atoms with van der Waals surface area (Å²) < 4.78 is 23.1. The van der Waals surface area contributed by atoms with Crippen molar-refractivity contribution in [2.45, 2.75) is 82.0 Å². The second kappa shape index (κ2) is 18.3. The molecule has 4 heterocycles. The average Bonchev–Trinajstić information content (AvgIpc) is 3.23. The van der Waals surface area contributed by atoms with Crippen molar-refractivity contribution in [1.82, 2.24) is 15.2 Å². The summed E-state index contributed by atoms with van der Waals surface area (Å²) in [4.78, 5) is 43.4. The number of fused-ring (bicyclic) bond motifs is 4. The van der Waals surface area contributed by atoms with Gasteiger partial charge in [0, 0.05) is 42.7 Å². The van der Waals surface area contributed by atoms with Crippen LogP contribution in [0, 0.1) is 5.92 Å². The normalized spacial score (nSPS) is 20.5. The summed E-state index contributed by atoms with van der Waals surface area (Å²) in [6, 6.07) is 17.5. The lowest BCUT2D eigenvalue weighted by Gasteiger charge is -2.45. The number of aromatic amines is 1. The molecule has 12 nitrogen and oxygen atoms in total. The molecular formula is C44H52ClN3O9. The number of H-pyrrole nitrogens is 1. The second-order valence-corrected chi connectivity index (χ2v) is 16.0. The number of hydrogen-bond acceptors (Lipinski definition) is 11. The first-order chi connectivity index (χ1) is 27.6. The third-order valence-corrected chi connectivity index (χ3v) is 12.2. The number of ether oxygens (including phenoxy) is 4. The monoisotopic (exact) mass is 801 g/mol. The molecule has 2 bridgehead atoms. The highest BCUT2D eigenvalue weighted by Crippen LogP contribution is 2.42. The number of aliphatic hydroxyl groups is 1. The van der Waals surface area contributed by atoms with E-state index in [0.717, 1.165) is 75.7 Å². The Balaban J connectivity index is 0.876. The molecule has 3 aromatic carbocycles. The first kappa shape index (κ1) is 40.6. The Morgan fingerprint density at radius 2 is 1.84 bits per heavy atom. The number of benzene rings is 3. The van der Waals surface area contributed by atoms with Crippen molar-refractivity contribution in [3.8, 4) is 17.2 Å². The summed E-state index contributed by atoms with van der Waals surface area (Å²) in [7, 11) is 1.51. The number of aromatic hydroxyl groups is 1. The maximum atomic E-state index is 14.0. The molecule has 3 saturated heterocycles. The van der Waals surface area contributed by atoms with Crippen LogP contribution in [0.4, 0.5) is 0 Å². The molecule has 0 radical (unpaired) electrons. The molecule has 57 heavy (non-hydrogen) atoms. The molecule has 4 N–H and O–H groups in total. The van der Waals surface area contributed by atoms with Crippen LogP contribution in [0.1, 0.15) is 79.7 Å². The zero-order chi connectivity index (χ0) is 39.9. The van der Waals surface area contributed by atoms with Gasteiger partial charge in [-0.2, -0.15) is 0 Å². The van der Waals surface area contributed by atoms with Crippen molar-refractivity contribution < 1.29 is 38.7 Å². The number of aromatic nitrogens is 1. The van der Waals surface area contributed by atoms with E-state index in [9.17, 15) is 24.6 Å². The molecule has 1 unspecified atom stereocenters. The van der Waals surface area contributed by atoms with Gasteiger partial charge in [0.25, 0.3) is 0 Å². The van der Waals surface area contributed by atoms with Gasteiger partial charge in [-0.25, -0.2) is 4.79 Å². The standard InChI is InChI=1S/C44H52ClN3O9/c1-54-37-23-38(34(45)22-30(37)24-46-25-36(50)32-10-12-35(49)42-33(32)11-13-40(51)47-42)56-27-41(52)55-20-6-8-28-7-5-9-31(21-28)44(16-3-2-4-17-44)43(53)57-39-26-48-18-14-29(39)15-19-48/h5,7,9-13,21-23,29,36,39,46,49-50H,2-4,6,8,14-20,24-27H2,1H3,(H,47,51)/t36?,39-/m0/s1. The number of phenolic OH excluding ortho intramolecular Hbond substituents is 1. The third kappa shape index (κ3) is 9.41. The number of piperidine rings is 3. The number of rotatable bonds is 16. The minimum absolute atomic E-state index is 0.0102. The predicted molar refractivity (Wildman–Crippen MR) is 216 cm³/mol. The highest BCUT2D eigenvalue weighted by atomic mass is 35.5.